The zero-order valence-electron chi connectivity index (χ0n) is 11.5. The minimum absolute atomic E-state index is 0.0624. The lowest BCUT2D eigenvalue weighted by Gasteiger charge is -2.18. The van der Waals surface area contributed by atoms with Gasteiger partial charge < -0.3 is 15.2 Å². The highest BCUT2D eigenvalue weighted by atomic mass is 16.5. The number of benzene rings is 1. The Bertz CT molecular complexity index is 487. The molecule has 1 aliphatic carbocycles. The highest BCUT2D eigenvalue weighted by Gasteiger charge is 2.43. The van der Waals surface area contributed by atoms with Crippen molar-refractivity contribution in [3.05, 3.63) is 23.8 Å². The molecular formula is C15H20N2O2. The summed E-state index contributed by atoms with van der Waals surface area (Å²) in [4.78, 5) is 0. The fourth-order valence-corrected chi connectivity index (χ4v) is 2.09. The Labute approximate surface area is 114 Å². The summed E-state index contributed by atoms with van der Waals surface area (Å²) in [6.45, 7) is 2.50. The Morgan fingerprint density at radius 1 is 1.47 bits per heavy atom. The van der Waals surface area contributed by atoms with Crippen LogP contribution in [0.5, 0.6) is 11.5 Å². The monoisotopic (exact) mass is 260 g/mol. The number of nitrogens with two attached hydrogens (primary N) is 1. The third-order valence-electron chi connectivity index (χ3n) is 3.66. The van der Waals surface area contributed by atoms with Gasteiger partial charge in [0.15, 0.2) is 0 Å². The summed E-state index contributed by atoms with van der Waals surface area (Å²) in [6, 6.07) is 7.82. The largest absolute Gasteiger partial charge is 0.497 e. The van der Waals surface area contributed by atoms with E-state index >= 15 is 0 Å². The summed E-state index contributed by atoms with van der Waals surface area (Å²) < 4.78 is 11.1. The van der Waals surface area contributed by atoms with E-state index in [0.717, 1.165) is 29.9 Å². The molecule has 2 N–H and O–H groups in total. The van der Waals surface area contributed by atoms with Crippen molar-refractivity contribution in [3.63, 3.8) is 0 Å². The van der Waals surface area contributed by atoms with Crippen LogP contribution in [-0.2, 0) is 0 Å². The van der Waals surface area contributed by atoms with Crippen LogP contribution >= 0.6 is 0 Å². The molecule has 4 nitrogen and oxygen atoms in total. The van der Waals surface area contributed by atoms with E-state index in [9.17, 15) is 0 Å². The van der Waals surface area contributed by atoms with Gasteiger partial charge in [0.25, 0.3) is 0 Å². The second-order valence-corrected chi connectivity index (χ2v) is 5.32. The molecule has 0 bridgehead atoms. The molecular weight excluding hydrogens is 240 g/mol. The molecule has 1 saturated carbocycles. The third kappa shape index (κ3) is 3.18. The summed E-state index contributed by atoms with van der Waals surface area (Å²) >= 11 is 0. The Kier molecular flexibility index (Phi) is 3.96. The second-order valence-electron chi connectivity index (χ2n) is 5.32. The van der Waals surface area contributed by atoms with Gasteiger partial charge in [-0.1, -0.05) is 6.07 Å². The molecule has 0 unspecified atom stereocenters. The normalized spacial score (nSPS) is 17.4. The van der Waals surface area contributed by atoms with E-state index < -0.39 is 0 Å². The molecule has 0 amide bonds. The van der Waals surface area contributed by atoms with Crippen LogP contribution in [0.3, 0.4) is 0 Å². The predicted octanol–water partition coefficient (Wildman–Crippen LogP) is 2.79. The van der Waals surface area contributed by atoms with E-state index in [2.05, 4.69) is 6.07 Å². The highest BCUT2D eigenvalue weighted by Crippen LogP contribution is 2.49. The molecule has 1 aliphatic rings. The number of hydrogen-bond acceptors (Lipinski definition) is 4. The lowest BCUT2D eigenvalue weighted by molar-refractivity contribution is 0.233. The number of nitriles is 1. The smallest absolute Gasteiger partial charge is 0.127 e. The van der Waals surface area contributed by atoms with Crippen molar-refractivity contribution in [2.75, 3.05) is 13.7 Å². The van der Waals surface area contributed by atoms with Crippen molar-refractivity contribution < 1.29 is 9.47 Å². The van der Waals surface area contributed by atoms with Gasteiger partial charge in [0.2, 0.25) is 0 Å². The first-order valence-electron chi connectivity index (χ1n) is 6.53. The van der Waals surface area contributed by atoms with Crippen LogP contribution in [0, 0.1) is 16.7 Å². The molecule has 19 heavy (non-hydrogen) atoms. The number of hydrogen-bond donors (Lipinski definition) is 1. The first-order valence-corrected chi connectivity index (χ1v) is 6.53. The van der Waals surface area contributed by atoms with Gasteiger partial charge in [0.05, 0.1) is 19.8 Å². The molecule has 2 rings (SSSR count). The van der Waals surface area contributed by atoms with Gasteiger partial charge in [0.1, 0.15) is 11.5 Å². The first kappa shape index (κ1) is 13.7. The summed E-state index contributed by atoms with van der Waals surface area (Å²) in [6.07, 6.45) is 2.70. The van der Waals surface area contributed by atoms with E-state index in [0.29, 0.717) is 13.0 Å². The van der Waals surface area contributed by atoms with Crippen molar-refractivity contribution in [3.8, 4) is 17.6 Å². The van der Waals surface area contributed by atoms with Gasteiger partial charge in [-0.05, 0) is 25.8 Å². The minimum Gasteiger partial charge on any atom is -0.497 e. The van der Waals surface area contributed by atoms with Crippen LogP contribution in [-0.4, -0.2) is 13.7 Å². The molecule has 0 aromatic heterocycles. The van der Waals surface area contributed by atoms with Crippen molar-refractivity contribution in [2.24, 2.45) is 11.1 Å². The van der Waals surface area contributed by atoms with Crippen LogP contribution in [0.25, 0.3) is 0 Å². The van der Waals surface area contributed by atoms with Crippen LogP contribution < -0.4 is 15.2 Å². The van der Waals surface area contributed by atoms with Gasteiger partial charge in [-0.15, -0.1) is 0 Å². The van der Waals surface area contributed by atoms with Crippen LogP contribution in [0.2, 0.25) is 0 Å². The van der Waals surface area contributed by atoms with Crippen molar-refractivity contribution in [1.29, 1.82) is 5.26 Å². The summed E-state index contributed by atoms with van der Waals surface area (Å²) in [5.41, 5.74) is 6.98. The van der Waals surface area contributed by atoms with E-state index in [4.69, 9.17) is 20.5 Å². The number of ether oxygens (including phenoxy) is 2. The Balaban J connectivity index is 2.12. The Morgan fingerprint density at radius 3 is 2.74 bits per heavy atom. The molecule has 0 spiro atoms. The zero-order valence-corrected chi connectivity index (χ0v) is 11.5. The summed E-state index contributed by atoms with van der Waals surface area (Å²) in [7, 11) is 1.63. The Hall–Kier alpha value is -1.73. The average Bonchev–Trinajstić information content (AvgIpc) is 3.16. The second kappa shape index (κ2) is 5.50. The summed E-state index contributed by atoms with van der Waals surface area (Å²) in [5.74, 6) is 1.52. The predicted molar refractivity (Wildman–Crippen MR) is 73.0 cm³/mol. The molecule has 1 aromatic carbocycles. The molecule has 102 valence electrons. The molecule has 4 heteroatoms. The fourth-order valence-electron chi connectivity index (χ4n) is 2.09. The molecule has 0 heterocycles. The first-order chi connectivity index (χ1) is 9.10. The summed E-state index contributed by atoms with van der Waals surface area (Å²) in [5, 5.41) is 8.82. The van der Waals surface area contributed by atoms with Crippen LogP contribution in [0.15, 0.2) is 18.2 Å². The minimum atomic E-state index is -0.0907. The van der Waals surface area contributed by atoms with Crippen molar-refractivity contribution in [2.45, 2.75) is 32.2 Å². The standard InChI is InChI=1S/C15H20N2O2/c1-11(17)13-4-3-12(18-2)9-14(13)19-10-15(5-6-15)7-8-16/h3-4,9,11H,5-7,10,17H2,1-2H3/t11-/m1/s1. The van der Waals surface area contributed by atoms with Crippen molar-refractivity contribution >= 4 is 0 Å². The number of nitrogens with zero attached hydrogens (tertiary/aromatic N) is 1. The maximum absolute atomic E-state index is 8.82. The third-order valence-corrected chi connectivity index (χ3v) is 3.66. The van der Waals surface area contributed by atoms with E-state index in [1.54, 1.807) is 7.11 Å². The van der Waals surface area contributed by atoms with E-state index in [1.165, 1.54) is 0 Å². The Morgan fingerprint density at radius 2 is 2.21 bits per heavy atom. The van der Waals surface area contributed by atoms with Crippen molar-refractivity contribution in [1.82, 2.24) is 0 Å². The molecule has 1 atom stereocenters. The van der Waals surface area contributed by atoms with Gasteiger partial charge in [-0.3, -0.25) is 0 Å². The highest BCUT2D eigenvalue weighted by molar-refractivity contribution is 5.42. The molecule has 0 saturated heterocycles. The quantitative estimate of drug-likeness (QED) is 0.854. The van der Waals surface area contributed by atoms with Gasteiger partial charge >= 0.3 is 0 Å². The molecule has 0 aliphatic heterocycles. The topological polar surface area (TPSA) is 68.3 Å². The average molecular weight is 260 g/mol. The molecule has 1 aromatic rings. The van der Waals surface area contributed by atoms with Crippen LogP contribution in [0.1, 0.15) is 37.8 Å². The maximum Gasteiger partial charge on any atom is 0.127 e. The zero-order chi connectivity index (χ0) is 13.9. The molecule has 1 fully saturated rings. The number of rotatable bonds is 6. The maximum atomic E-state index is 8.82. The number of methoxy groups -OCH3 is 1. The lowest BCUT2D eigenvalue weighted by Crippen LogP contribution is -2.15. The van der Waals surface area contributed by atoms with E-state index in [1.807, 2.05) is 25.1 Å². The molecule has 0 radical (unpaired) electrons. The fraction of sp³-hybridized carbons (Fsp3) is 0.533. The van der Waals surface area contributed by atoms with Crippen LogP contribution in [0.4, 0.5) is 0 Å². The van der Waals surface area contributed by atoms with Gasteiger partial charge in [0, 0.05) is 29.5 Å². The van der Waals surface area contributed by atoms with Gasteiger partial charge in [-0.25, -0.2) is 0 Å². The lowest BCUT2D eigenvalue weighted by atomic mass is 10.0. The van der Waals surface area contributed by atoms with E-state index in [-0.39, 0.29) is 11.5 Å². The SMILES string of the molecule is COc1ccc([C@@H](C)N)c(OCC2(CC#N)CC2)c1. The van der Waals surface area contributed by atoms with Gasteiger partial charge in [-0.2, -0.15) is 5.26 Å².